The Morgan fingerprint density at radius 3 is 2.25 bits per heavy atom. The monoisotopic (exact) mass is 382 g/mol. The van der Waals surface area contributed by atoms with Crippen LogP contribution in [0, 0.1) is 0 Å². The Bertz CT molecular complexity index is 787. The van der Waals surface area contributed by atoms with Crippen LogP contribution in [0.5, 0.6) is 5.75 Å². The van der Waals surface area contributed by atoms with Gasteiger partial charge in [-0.2, -0.15) is 0 Å². The van der Waals surface area contributed by atoms with Crippen molar-refractivity contribution in [3.8, 4) is 5.75 Å². The summed E-state index contributed by atoms with van der Waals surface area (Å²) in [4.78, 5) is 24.5. The SMILES string of the molecule is CCNC(=O)c1ccc(NC(=O)C(CC)Oc2ccccc2C(C)CC)cc1. The van der Waals surface area contributed by atoms with Crippen LogP contribution in [0.3, 0.4) is 0 Å². The number of carbonyl (C=O) groups excluding carboxylic acids is 2. The van der Waals surface area contributed by atoms with E-state index in [9.17, 15) is 9.59 Å². The quantitative estimate of drug-likeness (QED) is 0.658. The molecule has 2 atom stereocenters. The van der Waals surface area contributed by atoms with E-state index in [-0.39, 0.29) is 11.8 Å². The Kier molecular flexibility index (Phi) is 8.05. The van der Waals surface area contributed by atoms with Crippen molar-refractivity contribution >= 4 is 17.5 Å². The first-order chi connectivity index (χ1) is 13.5. The molecule has 2 unspecified atom stereocenters. The van der Waals surface area contributed by atoms with Gasteiger partial charge in [0.2, 0.25) is 0 Å². The van der Waals surface area contributed by atoms with Gasteiger partial charge in [-0.05, 0) is 61.6 Å². The molecule has 0 fully saturated rings. The van der Waals surface area contributed by atoms with Crippen molar-refractivity contribution in [2.75, 3.05) is 11.9 Å². The zero-order valence-electron chi connectivity index (χ0n) is 17.1. The molecule has 2 aromatic rings. The maximum atomic E-state index is 12.7. The minimum Gasteiger partial charge on any atom is -0.480 e. The van der Waals surface area contributed by atoms with Gasteiger partial charge in [0.15, 0.2) is 6.10 Å². The average molecular weight is 383 g/mol. The minimum absolute atomic E-state index is 0.128. The normalized spacial score (nSPS) is 12.7. The number of hydrogen-bond donors (Lipinski definition) is 2. The summed E-state index contributed by atoms with van der Waals surface area (Å²) in [6.45, 7) is 8.66. The van der Waals surface area contributed by atoms with E-state index in [0.717, 1.165) is 17.7 Å². The summed E-state index contributed by atoms with van der Waals surface area (Å²) in [5.74, 6) is 0.785. The summed E-state index contributed by atoms with van der Waals surface area (Å²) in [5.41, 5.74) is 2.31. The predicted molar refractivity (Wildman–Crippen MR) is 113 cm³/mol. The lowest BCUT2D eigenvalue weighted by Gasteiger charge is -2.21. The van der Waals surface area contributed by atoms with Crippen molar-refractivity contribution in [1.82, 2.24) is 5.32 Å². The average Bonchev–Trinajstić information content (AvgIpc) is 2.72. The van der Waals surface area contributed by atoms with E-state index in [4.69, 9.17) is 4.74 Å². The van der Waals surface area contributed by atoms with Crippen LogP contribution in [0.4, 0.5) is 5.69 Å². The van der Waals surface area contributed by atoms with Gasteiger partial charge in [-0.1, -0.05) is 39.0 Å². The topological polar surface area (TPSA) is 67.4 Å². The number of hydrogen-bond acceptors (Lipinski definition) is 3. The van der Waals surface area contributed by atoms with Crippen LogP contribution < -0.4 is 15.4 Å². The van der Waals surface area contributed by atoms with Gasteiger partial charge in [-0.3, -0.25) is 9.59 Å². The Morgan fingerprint density at radius 1 is 0.964 bits per heavy atom. The highest BCUT2D eigenvalue weighted by Crippen LogP contribution is 2.29. The van der Waals surface area contributed by atoms with Gasteiger partial charge >= 0.3 is 0 Å². The fourth-order valence-corrected chi connectivity index (χ4v) is 2.88. The highest BCUT2D eigenvalue weighted by molar-refractivity contribution is 5.97. The van der Waals surface area contributed by atoms with E-state index in [2.05, 4.69) is 24.5 Å². The van der Waals surface area contributed by atoms with E-state index < -0.39 is 6.10 Å². The number of amides is 2. The van der Waals surface area contributed by atoms with E-state index in [0.29, 0.717) is 30.1 Å². The van der Waals surface area contributed by atoms with Gasteiger partial charge < -0.3 is 15.4 Å². The molecular weight excluding hydrogens is 352 g/mol. The van der Waals surface area contributed by atoms with E-state index in [1.807, 2.05) is 38.1 Å². The molecule has 28 heavy (non-hydrogen) atoms. The lowest BCUT2D eigenvalue weighted by Crippen LogP contribution is -2.32. The molecule has 2 aromatic carbocycles. The van der Waals surface area contributed by atoms with Gasteiger partial charge in [0.25, 0.3) is 11.8 Å². The molecular formula is C23H30N2O3. The van der Waals surface area contributed by atoms with Crippen LogP contribution in [-0.4, -0.2) is 24.5 Å². The van der Waals surface area contributed by atoms with Crippen molar-refractivity contribution in [3.63, 3.8) is 0 Å². The lowest BCUT2D eigenvalue weighted by atomic mass is 9.98. The van der Waals surface area contributed by atoms with Gasteiger partial charge in [-0.25, -0.2) is 0 Å². The summed E-state index contributed by atoms with van der Waals surface area (Å²) >= 11 is 0. The maximum Gasteiger partial charge on any atom is 0.265 e. The molecule has 2 amide bonds. The summed E-state index contributed by atoms with van der Waals surface area (Å²) in [6.07, 6.45) is 0.965. The molecule has 0 heterocycles. The number of carbonyl (C=O) groups is 2. The molecule has 150 valence electrons. The summed E-state index contributed by atoms with van der Waals surface area (Å²) in [6, 6.07) is 14.7. The number of ether oxygens (including phenoxy) is 1. The molecule has 0 saturated carbocycles. The van der Waals surface area contributed by atoms with Crippen molar-refractivity contribution in [2.24, 2.45) is 0 Å². The lowest BCUT2D eigenvalue weighted by molar-refractivity contribution is -0.122. The first-order valence-electron chi connectivity index (χ1n) is 9.94. The molecule has 0 aliphatic carbocycles. The Hall–Kier alpha value is -2.82. The fourth-order valence-electron chi connectivity index (χ4n) is 2.88. The molecule has 2 rings (SSSR count). The van der Waals surface area contributed by atoms with Crippen molar-refractivity contribution in [3.05, 3.63) is 59.7 Å². The van der Waals surface area contributed by atoms with Crippen LogP contribution >= 0.6 is 0 Å². The number of nitrogens with one attached hydrogen (secondary N) is 2. The second kappa shape index (κ2) is 10.5. The molecule has 0 aromatic heterocycles. The number of anilines is 1. The highest BCUT2D eigenvalue weighted by Gasteiger charge is 2.21. The van der Waals surface area contributed by atoms with E-state index in [1.165, 1.54) is 0 Å². The van der Waals surface area contributed by atoms with Crippen molar-refractivity contribution < 1.29 is 14.3 Å². The first-order valence-corrected chi connectivity index (χ1v) is 9.94. The van der Waals surface area contributed by atoms with Crippen LogP contribution in [0.25, 0.3) is 0 Å². The third-order valence-corrected chi connectivity index (χ3v) is 4.75. The van der Waals surface area contributed by atoms with Gasteiger partial charge in [0.1, 0.15) is 5.75 Å². The van der Waals surface area contributed by atoms with Crippen LogP contribution in [0.15, 0.2) is 48.5 Å². The van der Waals surface area contributed by atoms with Gasteiger partial charge in [0.05, 0.1) is 0 Å². The van der Waals surface area contributed by atoms with E-state index >= 15 is 0 Å². The third kappa shape index (κ3) is 5.59. The molecule has 5 nitrogen and oxygen atoms in total. The summed E-state index contributed by atoms with van der Waals surface area (Å²) < 4.78 is 6.07. The van der Waals surface area contributed by atoms with Crippen LogP contribution in [0.1, 0.15) is 62.4 Å². The molecule has 0 saturated heterocycles. The summed E-state index contributed by atoms with van der Waals surface area (Å²) in [7, 11) is 0. The van der Waals surface area contributed by atoms with Gasteiger partial charge in [-0.15, -0.1) is 0 Å². The maximum absolute atomic E-state index is 12.7. The highest BCUT2D eigenvalue weighted by atomic mass is 16.5. The summed E-state index contributed by atoms with van der Waals surface area (Å²) in [5, 5.41) is 5.63. The fraction of sp³-hybridized carbons (Fsp3) is 0.391. The molecule has 0 spiro atoms. The number of para-hydroxylation sites is 1. The zero-order chi connectivity index (χ0) is 20.5. The molecule has 2 N–H and O–H groups in total. The largest absolute Gasteiger partial charge is 0.480 e. The Labute approximate surface area is 167 Å². The Morgan fingerprint density at radius 2 is 1.64 bits per heavy atom. The molecule has 0 aliphatic heterocycles. The second-order valence-electron chi connectivity index (χ2n) is 6.79. The standard InChI is InChI=1S/C23H30N2O3/c1-5-16(4)19-10-8-9-11-21(19)28-20(6-2)23(27)25-18-14-12-17(13-15-18)22(26)24-7-3/h8-16,20H,5-7H2,1-4H3,(H,24,26)(H,25,27). The van der Waals surface area contributed by atoms with Crippen molar-refractivity contribution in [1.29, 1.82) is 0 Å². The second-order valence-corrected chi connectivity index (χ2v) is 6.79. The molecule has 0 bridgehead atoms. The number of benzene rings is 2. The van der Waals surface area contributed by atoms with E-state index in [1.54, 1.807) is 24.3 Å². The predicted octanol–water partition coefficient (Wildman–Crippen LogP) is 4.75. The number of rotatable bonds is 9. The molecule has 5 heteroatoms. The van der Waals surface area contributed by atoms with Crippen LogP contribution in [0.2, 0.25) is 0 Å². The molecule has 0 aliphatic rings. The van der Waals surface area contributed by atoms with Crippen molar-refractivity contribution in [2.45, 2.75) is 52.6 Å². The minimum atomic E-state index is -0.590. The van der Waals surface area contributed by atoms with Gasteiger partial charge in [0, 0.05) is 17.8 Å². The Balaban J connectivity index is 2.07. The smallest absolute Gasteiger partial charge is 0.265 e. The molecule has 0 radical (unpaired) electrons. The van der Waals surface area contributed by atoms with Crippen LogP contribution in [-0.2, 0) is 4.79 Å². The first kappa shape index (κ1) is 21.5. The zero-order valence-corrected chi connectivity index (χ0v) is 17.1. The third-order valence-electron chi connectivity index (χ3n) is 4.75.